The van der Waals surface area contributed by atoms with Crippen LogP contribution in [-0.4, -0.2) is 55.8 Å². The van der Waals surface area contributed by atoms with E-state index in [0.29, 0.717) is 0 Å². The van der Waals surface area contributed by atoms with Crippen molar-refractivity contribution in [2.24, 2.45) is 0 Å². The third kappa shape index (κ3) is 4.99. The topological polar surface area (TPSA) is 114 Å². The summed E-state index contributed by atoms with van der Waals surface area (Å²) in [5, 5.41) is 23.5. The van der Waals surface area contributed by atoms with E-state index in [1.54, 1.807) is 0 Å². The number of hydrogen-bond donors (Lipinski definition) is 3. The van der Waals surface area contributed by atoms with Gasteiger partial charge in [0.2, 0.25) is 0 Å². The lowest BCUT2D eigenvalue weighted by molar-refractivity contribution is 0.0172. The molecule has 0 bridgehead atoms. The first-order valence-corrected chi connectivity index (χ1v) is 11.2. The van der Waals surface area contributed by atoms with Gasteiger partial charge < -0.3 is 29.7 Å². The molecule has 182 valence electrons. The molecule has 1 aliphatic rings. The van der Waals surface area contributed by atoms with Crippen LogP contribution in [0.15, 0.2) is 66.7 Å². The van der Waals surface area contributed by atoms with E-state index in [1.165, 1.54) is 32.4 Å². The summed E-state index contributed by atoms with van der Waals surface area (Å²) in [5.74, 6) is -0.427. The number of esters is 1. The van der Waals surface area contributed by atoms with Crippen molar-refractivity contribution >= 4 is 12.1 Å². The Kier molecular flexibility index (Phi) is 7.33. The SMILES string of the molecule is COC(=O)c1ccc(C(O)C(O)CNC(=O)OCC2c3ccccc3-c3ccccc32)c(OC)c1. The predicted octanol–water partition coefficient (Wildman–Crippen LogP) is 3.41. The van der Waals surface area contributed by atoms with Gasteiger partial charge in [0, 0.05) is 18.0 Å². The summed E-state index contributed by atoms with van der Waals surface area (Å²) < 4.78 is 15.4. The molecule has 1 amide bonds. The maximum Gasteiger partial charge on any atom is 0.407 e. The molecule has 0 saturated heterocycles. The molecule has 8 nitrogen and oxygen atoms in total. The van der Waals surface area contributed by atoms with Crippen molar-refractivity contribution in [2.45, 2.75) is 18.1 Å². The van der Waals surface area contributed by atoms with Crippen LogP contribution in [0.1, 0.15) is 39.1 Å². The highest BCUT2D eigenvalue weighted by Gasteiger charge is 2.29. The predicted molar refractivity (Wildman–Crippen MR) is 128 cm³/mol. The number of nitrogens with one attached hydrogen (secondary N) is 1. The maximum absolute atomic E-state index is 12.4. The largest absolute Gasteiger partial charge is 0.496 e. The first-order valence-electron chi connectivity index (χ1n) is 11.2. The quantitative estimate of drug-likeness (QED) is 0.426. The molecule has 0 saturated carbocycles. The van der Waals surface area contributed by atoms with Gasteiger partial charge in [-0.3, -0.25) is 0 Å². The van der Waals surface area contributed by atoms with Gasteiger partial charge in [0.15, 0.2) is 0 Å². The number of aliphatic hydroxyl groups excluding tert-OH is 2. The monoisotopic (exact) mass is 477 g/mol. The number of hydrogen-bond acceptors (Lipinski definition) is 7. The van der Waals surface area contributed by atoms with Crippen molar-refractivity contribution in [3.63, 3.8) is 0 Å². The Balaban J connectivity index is 1.35. The summed E-state index contributed by atoms with van der Waals surface area (Å²) in [5.41, 5.74) is 4.96. The van der Waals surface area contributed by atoms with Crippen LogP contribution in [0.4, 0.5) is 4.79 Å². The van der Waals surface area contributed by atoms with Gasteiger partial charge >= 0.3 is 12.1 Å². The summed E-state index contributed by atoms with van der Waals surface area (Å²) in [4.78, 5) is 24.1. The number of aliphatic hydroxyl groups is 2. The first-order chi connectivity index (χ1) is 16.9. The number of benzene rings is 3. The van der Waals surface area contributed by atoms with Gasteiger partial charge in [-0.2, -0.15) is 0 Å². The van der Waals surface area contributed by atoms with Crippen LogP contribution in [0.5, 0.6) is 5.75 Å². The van der Waals surface area contributed by atoms with Gasteiger partial charge in [0.1, 0.15) is 24.6 Å². The average Bonchev–Trinajstić information content (AvgIpc) is 3.22. The van der Waals surface area contributed by atoms with E-state index < -0.39 is 24.3 Å². The molecule has 0 spiro atoms. The number of amides is 1. The number of methoxy groups -OCH3 is 2. The van der Waals surface area contributed by atoms with Gasteiger partial charge in [0.25, 0.3) is 0 Å². The first kappa shape index (κ1) is 24.3. The molecule has 35 heavy (non-hydrogen) atoms. The highest BCUT2D eigenvalue weighted by Crippen LogP contribution is 2.44. The number of rotatable bonds is 8. The molecule has 0 radical (unpaired) electrons. The minimum atomic E-state index is -1.37. The molecule has 8 heteroatoms. The zero-order valence-corrected chi connectivity index (χ0v) is 19.4. The van der Waals surface area contributed by atoms with E-state index >= 15 is 0 Å². The fourth-order valence-electron chi connectivity index (χ4n) is 4.36. The lowest BCUT2D eigenvalue weighted by Crippen LogP contribution is -2.36. The van der Waals surface area contributed by atoms with Gasteiger partial charge in [-0.25, -0.2) is 9.59 Å². The van der Waals surface area contributed by atoms with Gasteiger partial charge in [0.05, 0.1) is 19.8 Å². The number of fused-ring (bicyclic) bond motifs is 3. The molecule has 4 rings (SSSR count). The van der Waals surface area contributed by atoms with E-state index in [9.17, 15) is 19.8 Å². The molecule has 1 aliphatic carbocycles. The molecule has 0 aromatic heterocycles. The second-order valence-corrected chi connectivity index (χ2v) is 8.17. The normalized spacial score (nSPS) is 13.8. The molecule has 0 aliphatic heterocycles. The van der Waals surface area contributed by atoms with Crippen molar-refractivity contribution in [3.8, 4) is 16.9 Å². The lowest BCUT2D eigenvalue weighted by Gasteiger charge is -2.21. The Morgan fingerprint density at radius 1 is 0.943 bits per heavy atom. The van der Waals surface area contributed by atoms with E-state index in [2.05, 4.69) is 22.2 Å². The fraction of sp³-hybridized carbons (Fsp3) is 0.259. The molecule has 3 aromatic carbocycles. The Hall–Kier alpha value is -3.88. The molecular weight excluding hydrogens is 450 g/mol. The van der Waals surface area contributed by atoms with Crippen molar-refractivity contribution in [1.82, 2.24) is 5.32 Å². The number of alkyl carbamates (subject to hydrolysis) is 1. The van der Waals surface area contributed by atoms with Gasteiger partial charge in [-0.15, -0.1) is 0 Å². The maximum atomic E-state index is 12.4. The Bertz CT molecular complexity index is 1180. The van der Waals surface area contributed by atoms with E-state index in [1.807, 2.05) is 36.4 Å². The Morgan fingerprint density at radius 2 is 1.57 bits per heavy atom. The third-order valence-corrected chi connectivity index (χ3v) is 6.14. The fourth-order valence-corrected chi connectivity index (χ4v) is 4.36. The van der Waals surface area contributed by atoms with Crippen molar-refractivity contribution in [2.75, 3.05) is 27.4 Å². The summed E-state index contributed by atoms with van der Waals surface area (Å²) in [6, 6.07) is 20.4. The zero-order valence-electron chi connectivity index (χ0n) is 19.4. The van der Waals surface area contributed by atoms with E-state index in [-0.39, 0.29) is 35.9 Å². The molecule has 0 fully saturated rings. The van der Waals surface area contributed by atoms with Crippen LogP contribution in [0.3, 0.4) is 0 Å². The highest BCUT2D eigenvalue weighted by atomic mass is 16.5. The van der Waals surface area contributed by atoms with Crippen LogP contribution in [-0.2, 0) is 9.47 Å². The van der Waals surface area contributed by atoms with Crippen molar-refractivity contribution < 1.29 is 34.0 Å². The lowest BCUT2D eigenvalue weighted by atomic mass is 9.98. The van der Waals surface area contributed by atoms with E-state index in [4.69, 9.17) is 9.47 Å². The number of ether oxygens (including phenoxy) is 3. The summed E-state index contributed by atoms with van der Waals surface area (Å²) in [6.07, 6.45) is -3.41. The zero-order chi connectivity index (χ0) is 24.9. The molecule has 0 heterocycles. The van der Waals surface area contributed by atoms with Crippen LogP contribution >= 0.6 is 0 Å². The smallest absolute Gasteiger partial charge is 0.407 e. The van der Waals surface area contributed by atoms with E-state index in [0.717, 1.165) is 22.3 Å². The molecule has 3 aromatic rings. The molecule has 2 atom stereocenters. The summed E-state index contributed by atoms with van der Waals surface area (Å²) in [6.45, 7) is -0.110. The number of carbonyl (C=O) groups excluding carboxylic acids is 2. The third-order valence-electron chi connectivity index (χ3n) is 6.14. The summed E-state index contributed by atoms with van der Waals surface area (Å²) in [7, 11) is 2.64. The minimum absolute atomic E-state index is 0.0822. The molecular formula is C27H27NO7. The van der Waals surface area contributed by atoms with Crippen LogP contribution in [0.2, 0.25) is 0 Å². The second kappa shape index (κ2) is 10.6. The molecule has 2 unspecified atom stereocenters. The summed E-state index contributed by atoms with van der Waals surface area (Å²) >= 11 is 0. The second-order valence-electron chi connectivity index (χ2n) is 8.17. The standard InChI is InChI=1S/C27H27NO7/c1-33-24-13-16(26(31)34-2)11-12-21(24)25(30)23(29)14-28-27(32)35-15-22-19-9-5-3-7-17(19)18-8-4-6-10-20(18)22/h3-13,22-23,25,29-30H,14-15H2,1-2H3,(H,28,32). The minimum Gasteiger partial charge on any atom is -0.496 e. The highest BCUT2D eigenvalue weighted by molar-refractivity contribution is 5.90. The van der Waals surface area contributed by atoms with Crippen LogP contribution in [0, 0.1) is 0 Å². The van der Waals surface area contributed by atoms with Crippen LogP contribution in [0.25, 0.3) is 11.1 Å². The van der Waals surface area contributed by atoms with Gasteiger partial charge in [-0.1, -0.05) is 54.6 Å². The Morgan fingerprint density at radius 3 is 2.17 bits per heavy atom. The van der Waals surface area contributed by atoms with Gasteiger partial charge in [-0.05, 0) is 34.4 Å². The van der Waals surface area contributed by atoms with Crippen molar-refractivity contribution in [3.05, 3.63) is 89.0 Å². The Labute approximate surface area is 203 Å². The van der Waals surface area contributed by atoms with Crippen LogP contribution < -0.4 is 10.1 Å². The number of carbonyl (C=O) groups is 2. The van der Waals surface area contributed by atoms with Crippen molar-refractivity contribution in [1.29, 1.82) is 0 Å². The average molecular weight is 478 g/mol. The molecule has 3 N–H and O–H groups in total.